The van der Waals surface area contributed by atoms with Crippen LogP contribution in [-0.4, -0.2) is 22.1 Å². The fraction of sp³-hybridized carbons (Fsp3) is 0.625. The molecule has 3 heteroatoms. The first-order chi connectivity index (χ1) is 5.20. The van der Waals surface area contributed by atoms with Gasteiger partial charge in [-0.3, -0.25) is 4.79 Å². The number of aliphatic hydroxyl groups is 1. The molecule has 0 aromatic rings. The third-order valence-electron chi connectivity index (χ3n) is 1.25. The Morgan fingerprint density at radius 1 is 1.82 bits per heavy atom. The van der Waals surface area contributed by atoms with E-state index < -0.39 is 0 Å². The van der Waals surface area contributed by atoms with Crippen molar-refractivity contribution in [3.63, 3.8) is 0 Å². The second-order valence-electron chi connectivity index (χ2n) is 2.32. The molecule has 0 radical (unpaired) electrons. The fourth-order valence-electron chi connectivity index (χ4n) is 0.684. The third kappa shape index (κ3) is 6.13. The van der Waals surface area contributed by atoms with Crippen molar-refractivity contribution in [1.29, 1.82) is 0 Å². The van der Waals surface area contributed by atoms with Crippen molar-refractivity contribution >= 4 is 16.9 Å². The van der Waals surface area contributed by atoms with Gasteiger partial charge in [-0.15, -0.1) is 0 Å². The topological polar surface area (TPSA) is 37.3 Å². The first kappa shape index (κ1) is 10.7. The maximum absolute atomic E-state index is 10.8. The SMILES string of the molecule is C=CC(=O)SC(C)CCCO. The van der Waals surface area contributed by atoms with E-state index in [1.807, 2.05) is 6.92 Å². The zero-order valence-electron chi connectivity index (χ0n) is 6.75. The van der Waals surface area contributed by atoms with Crippen LogP contribution in [0.25, 0.3) is 0 Å². The van der Waals surface area contributed by atoms with Crippen molar-refractivity contribution in [3.8, 4) is 0 Å². The number of hydrogen-bond donors (Lipinski definition) is 1. The largest absolute Gasteiger partial charge is 0.396 e. The maximum Gasteiger partial charge on any atom is 0.211 e. The van der Waals surface area contributed by atoms with Crippen molar-refractivity contribution < 1.29 is 9.90 Å². The Hall–Kier alpha value is -0.280. The molecule has 0 aliphatic rings. The molecule has 0 saturated carbocycles. The summed E-state index contributed by atoms with van der Waals surface area (Å²) >= 11 is 1.27. The Morgan fingerprint density at radius 3 is 2.91 bits per heavy atom. The van der Waals surface area contributed by atoms with E-state index in [4.69, 9.17) is 5.11 Å². The number of carbonyl (C=O) groups excluding carboxylic acids is 1. The van der Waals surface area contributed by atoms with Crippen molar-refractivity contribution in [2.75, 3.05) is 6.61 Å². The molecule has 0 bridgehead atoms. The molecule has 0 heterocycles. The monoisotopic (exact) mass is 174 g/mol. The molecule has 1 N–H and O–H groups in total. The average Bonchev–Trinajstić information content (AvgIpc) is 2.00. The Balaban J connectivity index is 3.43. The van der Waals surface area contributed by atoms with E-state index >= 15 is 0 Å². The molecule has 1 unspecified atom stereocenters. The molecular weight excluding hydrogens is 160 g/mol. The normalized spacial score (nSPS) is 12.5. The van der Waals surface area contributed by atoms with Crippen LogP contribution in [0.1, 0.15) is 19.8 Å². The summed E-state index contributed by atoms with van der Waals surface area (Å²) in [5, 5.41) is 8.79. The Morgan fingerprint density at radius 2 is 2.45 bits per heavy atom. The highest BCUT2D eigenvalue weighted by Gasteiger charge is 2.05. The van der Waals surface area contributed by atoms with Crippen LogP contribution in [0.15, 0.2) is 12.7 Å². The molecule has 2 nitrogen and oxygen atoms in total. The lowest BCUT2D eigenvalue weighted by atomic mass is 10.3. The summed E-state index contributed by atoms with van der Waals surface area (Å²) in [6.07, 6.45) is 2.96. The second-order valence-corrected chi connectivity index (χ2v) is 3.76. The number of rotatable bonds is 5. The zero-order valence-corrected chi connectivity index (χ0v) is 7.56. The van der Waals surface area contributed by atoms with E-state index in [0.717, 1.165) is 12.8 Å². The first-order valence-corrected chi connectivity index (χ1v) is 4.52. The van der Waals surface area contributed by atoms with Gasteiger partial charge >= 0.3 is 0 Å². The number of aliphatic hydroxyl groups excluding tert-OH is 1. The highest BCUT2D eigenvalue weighted by atomic mass is 32.2. The summed E-state index contributed by atoms with van der Waals surface area (Å²) in [6, 6.07) is 0. The summed E-state index contributed by atoms with van der Waals surface area (Å²) in [5.41, 5.74) is 0. The molecule has 1 atom stereocenters. The number of thioether (sulfide) groups is 1. The molecule has 11 heavy (non-hydrogen) atoms. The lowest BCUT2D eigenvalue weighted by Crippen LogP contribution is -2.01. The highest BCUT2D eigenvalue weighted by molar-refractivity contribution is 8.14. The van der Waals surface area contributed by atoms with E-state index in [-0.39, 0.29) is 17.0 Å². The molecule has 0 aliphatic heterocycles. The van der Waals surface area contributed by atoms with E-state index in [9.17, 15) is 4.79 Å². The van der Waals surface area contributed by atoms with E-state index in [0.29, 0.717) is 0 Å². The van der Waals surface area contributed by atoms with Crippen LogP contribution in [0.4, 0.5) is 0 Å². The highest BCUT2D eigenvalue weighted by Crippen LogP contribution is 2.16. The van der Waals surface area contributed by atoms with Crippen molar-refractivity contribution in [2.45, 2.75) is 25.0 Å². The Labute approximate surface area is 71.7 Å². The minimum atomic E-state index is 0.00967. The smallest absolute Gasteiger partial charge is 0.211 e. The minimum absolute atomic E-state index is 0.00967. The van der Waals surface area contributed by atoms with Crippen LogP contribution >= 0.6 is 11.8 Å². The van der Waals surface area contributed by atoms with Gasteiger partial charge in [0.2, 0.25) is 5.12 Å². The standard InChI is InChI=1S/C8H14O2S/c1-3-8(10)11-7(2)5-4-6-9/h3,7,9H,1,4-6H2,2H3. The van der Waals surface area contributed by atoms with E-state index in [1.54, 1.807) is 0 Å². The lowest BCUT2D eigenvalue weighted by Gasteiger charge is -2.05. The molecule has 0 amide bonds. The van der Waals surface area contributed by atoms with Crippen molar-refractivity contribution in [2.24, 2.45) is 0 Å². The molecule has 0 aliphatic carbocycles. The van der Waals surface area contributed by atoms with Gasteiger partial charge in [-0.25, -0.2) is 0 Å². The quantitative estimate of drug-likeness (QED) is 0.643. The van der Waals surface area contributed by atoms with Gasteiger partial charge in [-0.05, 0) is 18.9 Å². The average molecular weight is 174 g/mol. The van der Waals surface area contributed by atoms with Crippen LogP contribution in [0.5, 0.6) is 0 Å². The van der Waals surface area contributed by atoms with Crippen LogP contribution < -0.4 is 0 Å². The molecule has 64 valence electrons. The van der Waals surface area contributed by atoms with Crippen LogP contribution in [0.3, 0.4) is 0 Å². The third-order valence-corrected chi connectivity index (χ3v) is 2.29. The zero-order chi connectivity index (χ0) is 8.69. The summed E-state index contributed by atoms with van der Waals surface area (Å²) in [7, 11) is 0. The van der Waals surface area contributed by atoms with Crippen molar-refractivity contribution in [1.82, 2.24) is 0 Å². The van der Waals surface area contributed by atoms with Crippen LogP contribution in [-0.2, 0) is 4.79 Å². The molecule has 0 saturated heterocycles. The summed E-state index contributed by atoms with van der Waals surface area (Å²) in [6.45, 7) is 5.55. The molecule has 0 fully saturated rings. The summed E-state index contributed by atoms with van der Waals surface area (Å²) in [5.74, 6) is 0. The van der Waals surface area contributed by atoms with Gasteiger partial charge in [0, 0.05) is 11.9 Å². The number of carbonyl (C=O) groups is 1. The molecule has 0 aromatic heterocycles. The lowest BCUT2D eigenvalue weighted by molar-refractivity contribution is -0.107. The molecule has 0 aromatic carbocycles. The van der Waals surface area contributed by atoms with Gasteiger partial charge < -0.3 is 5.11 Å². The predicted octanol–water partition coefficient (Wildman–Crippen LogP) is 1.59. The Kier molecular flexibility index (Phi) is 6.27. The first-order valence-electron chi connectivity index (χ1n) is 3.64. The van der Waals surface area contributed by atoms with E-state index in [1.165, 1.54) is 17.8 Å². The molecule has 0 rings (SSSR count). The fourth-order valence-corrected chi connectivity index (χ4v) is 1.46. The van der Waals surface area contributed by atoms with Crippen LogP contribution in [0, 0.1) is 0 Å². The molecule has 0 spiro atoms. The second kappa shape index (κ2) is 6.43. The van der Waals surface area contributed by atoms with Gasteiger partial charge in [0.25, 0.3) is 0 Å². The minimum Gasteiger partial charge on any atom is -0.396 e. The number of hydrogen-bond acceptors (Lipinski definition) is 3. The summed E-state index contributed by atoms with van der Waals surface area (Å²) < 4.78 is 0. The maximum atomic E-state index is 10.8. The predicted molar refractivity (Wildman–Crippen MR) is 48.6 cm³/mol. The van der Waals surface area contributed by atoms with Gasteiger partial charge in [-0.2, -0.15) is 0 Å². The van der Waals surface area contributed by atoms with Gasteiger partial charge in [-0.1, -0.05) is 25.3 Å². The van der Waals surface area contributed by atoms with Gasteiger partial charge in [0.05, 0.1) is 0 Å². The van der Waals surface area contributed by atoms with Crippen LogP contribution in [0.2, 0.25) is 0 Å². The van der Waals surface area contributed by atoms with Crippen molar-refractivity contribution in [3.05, 3.63) is 12.7 Å². The molecular formula is C8H14O2S. The van der Waals surface area contributed by atoms with Gasteiger partial charge in [0.15, 0.2) is 0 Å². The van der Waals surface area contributed by atoms with Gasteiger partial charge in [0.1, 0.15) is 0 Å². The summed E-state index contributed by atoms with van der Waals surface area (Å²) in [4.78, 5) is 10.8. The van der Waals surface area contributed by atoms with E-state index in [2.05, 4.69) is 6.58 Å². The Bertz CT molecular complexity index is 134.